The maximum absolute atomic E-state index is 12.5. The minimum Gasteiger partial charge on any atom is -0.331 e. The number of hydrogen-bond donors (Lipinski definition) is 2. The zero-order chi connectivity index (χ0) is 20.2. The van der Waals surface area contributed by atoms with Crippen molar-refractivity contribution >= 4 is 49.7 Å². The van der Waals surface area contributed by atoms with Gasteiger partial charge in [-0.3, -0.25) is 4.79 Å². The molecule has 3 aromatic carbocycles. The first-order valence-corrected chi connectivity index (χ1v) is 10.7. The van der Waals surface area contributed by atoms with Gasteiger partial charge >= 0.3 is 0 Å². The van der Waals surface area contributed by atoms with Crippen LogP contribution in [0.25, 0.3) is 11.3 Å². The van der Waals surface area contributed by atoms with Crippen LogP contribution >= 0.6 is 27.3 Å². The number of amides is 1. The molecule has 1 amide bonds. The highest BCUT2D eigenvalue weighted by Gasteiger charge is 2.09. The molecule has 0 unspecified atom stereocenters. The molecule has 0 aliphatic carbocycles. The average molecular weight is 464 g/mol. The van der Waals surface area contributed by atoms with E-state index in [2.05, 4.69) is 39.6 Å². The van der Waals surface area contributed by atoms with Crippen molar-refractivity contribution in [3.05, 3.63) is 93.8 Å². The van der Waals surface area contributed by atoms with Crippen LogP contribution in [-0.2, 0) is 0 Å². The molecule has 1 heterocycles. The van der Waals surface area contributed by atoms with E-state index >= 15 is 0 Å². The summed E-state index contributed by atoms with van der Waals surface area (Å²) < 4.78 is 0.940. The second kappa shape index (κ2) is 8.59. The second-order valence-electron chi connectivity index (χ2n) is 6.52. The molecule has 0 spiro atoms. The van der Waals surface area contributed by atoms with Crippen LogP contribution in [0.15, 0.2) is 82.6 Å². The van der Waals surface area contributed by atoms with Crippen LogP contribution in [0.1, 0.15) is 15.9 Å². The van der Waals surface area contributed by atoms with Crippen LogP contribution in [0.4, 0.5) is 16.5 Å². The number of thiazole rings is 1. The maximum Gasteiger partial charge on any atom is 0.255 e. The first kappa shape index (κ1) is 19.4. The van der Waals surface area contributed by atoms with Crippen molar-refractivity contribution < 1.29 is 4.79 Å². The highest BCUT2D eigenvalue weighted by molar-refractivity contribution is 9.10. The van der Waals surface area contributed by atoms with E-state index < -0.39 is 0 Å². The molecular weight excluding hydrogens is 446 g/mol. The van der Waals surface area contributed by atoms with Gasteiger partial charge in [-0.05, 0) is 55.0 Å². The normalized spacial score (nSPS) is 10.6. The van der Waals surface area contributed by atoms with Gasteiger partial charge in [0.25, 0.3) is 5.91 Å². The SMILES string of the molecule is Cc1ccccc1Nc1nc(-c2cccc(NC(=O)c3ccc(Br)cc3)c2)cs1. The summed E-state index contributed by atoms with van der Waals surface area (Å²) in [6.45, 7) is 2.06. The minimum absolute atomic E-state index is 0.144. The van der Waals surface area contributed by atoms with Gasteiger partial charge in [0.1, 0.15) is 0 Å². The molecule has 0 saturated carbocycles. The molecular formula is C23H18BrN3OS. The topological polar surface area (TPSA) is 54.0 Å². The molecule has 6 heteroatoms. The molecule has 144 valence electrons. The van der Waals surface area contributed by atoms with E-state index in [1.54, 1.807) is 23.5 Å². The van der Waals surface area contributed by atoms with Crippen LogP contribution in [-0.4, -0.2) is 10.9 Å². The predicted octanol–water partition coefficient (Wildman–Crippen LogP) is 6.88. The zero-order valence-corrected chi connectivity index (χ0v) is 18.0. The molecule has 29 heavy (non-hydrogen) atoms. The minimum atomic E-state index is -0.144. The second-order valence-corrected chi connectivity index (χ2v) is 8.29. The van der Waals surface area contributed by atoms with E-state index in [0.29, 0.717) is 5.56 Å². The van der Waals surface area contributed by atoms with Crippen LogP contribution in [0, 0.1) is 6.92 Å². The van der Waals surface area contributed by atoms with Crippen molar-refractivity contribution in [3.63, 3.8) is 0 Å². The molecule has 0 radical (unpaired) electrons. The van der Waals surface area contributed by atoms with Gasteiger partial charge in [0.15, 0.2) is 5.13 Å². The van der Waals surface area contributed by atoms with Gasteiger partial charge < -0.3 is 10.6 Å². The van der Waals surface area contributed by atoms with Gasteiger partial charge in [0, 0.05) is 32.4 Å². The third-order valence-electron chi connectivity index (χ3n) is 4.41. The number of halogens is 1. The Hall–Kier alpha value is -2.96. The highest BCUT2D eigenvalue weighted by atomic mass is 79.9. The van der Waals surface area contributed by atoms with Crippen molar-refractivity contribution in [1.29, 1.82) is 0 Å². The largest absolute Gasteiger partial charge is 0.331 e. The van der Waals surface area contributed by atoms with Gasteiger partial charge in [-0.1, -0.05) is 46.3 Å². The molecule has 4 rings (SSSR count). The first-order chi connectivity index (χ1) is 14.1. The van der Waals surface area contributed by atoms with Crippen molar-refractivity contribution in [2.45, 2.75) is 6.92 Å². The molecule has 0 aliphatic heterocycles. The Kier molecular flexibility index (Phi) is 5.74. The van der Waals surface area contributed by atoms with Gasteiger partial charge in [0.2, 0.25) is 0 Å². The summed E-state index contributed by atoms with van der Waals surface area (Å²) in [6, 6.07) is 23.1. The summed E-state index contributed by atoms with van der Waals surface area (Å²) in [6.07, 6.45) is 0. The van der Waals surface area contributed by atoms with E-state index in [1.165, 1.54) is 5.56 Å². The molecule has 4 aromatic rings. The Balaban J connectivity index is 1.50. The quantitative estimate of drug-likeness (QED) is 0.339. The standard InChI is InChI=1S/C23H18BrN3OS/c1-15-5-2-3-8-20(15)26-23-27-21(14-29-23)17-6-4-7-19(13-17)25-22(28)16-9-11-18(24)12-10-16/h2-14H,1H3,(H,25,28)(H,26,27). The number of aromatic nitrogens is 1. The number of hydrogen-bond acceptors (Lipinski definition) is 4. The number of aryl methyl sites for hydroxylation is 1. The maximum atomic E-state index is 12.5. The lowest BCUT2D eigenvalue weighted by molar-refractivity contribution is 0.102. The Morgan fingerprint density at radius 3 is 2.59 bits per heavy atom. The van der Waals surface area contributed by atoms with Gasteiger partial charge in [-0.2, -0.15) is 0 Å². The number of carbonyl (C=O) groups is 1. The average Bonchev–Trinajstić information content (AvgIpc) is 3.19. The summed E-state index contributed by atoms with van der Waals surface area (Å²) in [4.78, 5) is 17.2. The fraction of sp³-hybridized carbons (Fsp3) is 0.0435. The molecule has 2 N–H and O–H groups in total. The summed E-state index contributed by atoms with van der Waals surface area (Å²) in [5, 5.41) is 9.16. The molecule has 1 aromatic heterocycles. The van der Waals surface area contributed by atoms with Crippen molar-refractivity contribution in [3.8, 4) is 11.3 Å². The fourth-order valence-electron chi connectivity index (χ4n) is 2.85. The summed E-state index contributed by atoms with van der Waals surface area (Å²) in [7, 11) is 0. The Bertz CT molecular complexity index is 1150. The van der Waals surface area contributed by atoms with E-state index in [1.807, 2.05) is 60.0 Å². The number of anilines is 3. The number of rotatable bonds is 5. The third-order valence-corrected chi connectivity index (χ3v) is 5.70. The smallest absolute Gasteiger partial charge is 0.255 e. The molecule has 0 aliphatic rings. The predicted molar refractivity (Wildman–Crippen MR) is 124 cm³/mol. The van der Waals surface area contributed by atoms with Gasteiger partial charge in [0.05, 0.1) is 5.69 Å². The van der Waals surface area contributed by atoms with Crippen molar-refractivity contribution in [1.82, 2.24) is 4.98 Å². The monoisotopic (exact) mass is 463 g/mol. The van der Waals surface area contributed by atoms with Gasteiger partial charge in [-0.15, -0.1) is 11.3 Å². The van der Waals surface area contributed by atoms with Crippen LogP contribution in [0.3, 0.4) is 0 Å². The number of nitrogens with zero attached hydrogens (tertiary/aromatic N) is 1. The lowest BCUT2D eigenvalue weighted by Gasteiger charge is -2.07. The Labute approximate surface area is 181 Å². The van der Waals surface area contributed by atoms with Crippen LogP contribution < -0.4 is 10.6 Å². The van der Waals surface area contributed by atoms with E-state index in [0.717, 1.165) is 32.2 Å². The lowest BCUT2D eigenvalue weighted by atomic mass is 10.1. The lowest BCUT2D eigenvalue weighted by Crippen LogP contribution is -2.11. The fourth-order valence-corrected chi connectivity index (χ4v) is 3.85. The number of para-hydroxylation sites is 1. The molecule has 0 fully saturated rings. The van der Waals surface area contributed by atoms with Crippen LogP contribution in [0.5, 0.6) is 0 Å². The third kappa shape index (κ3) is 4.72. The van der Waals surface area contributed by atoms with Crippen molar-refractivity contribution in [2.75, 3.05) is 10.6 Å². The summed E-state index contributed by atoms with van der Waals surface area (Å²) in [5.41, 5.74) is 5.37. The Morgan fingerprint density at radius 1 is 1.00 bits per heavy atom. The van der Waals surface area contributed by atoms with E-state index in [9.17, 15) is 4.79 Å². The first-order valence-electron chi connectivity index (χ1n) is 9.04. The number of nitrogens with one attached hydrogen (secondary N) is 2. The molecule has 0 atom stereocenters. The molecule has 4 nitrogen and oxygen atoms in total. The number of carbonyl (C=O) groups excluding carboxylic acids is 1. The zero-order valence-electron chi connectivity index (χ0n) is 15.6. The number of benzene rings is 3. The highest BCUT2D eigenvalue weighted by Crippen LogP contribution is 2.29. The van der Waals surface area contributed by atoms with E-state index in [4.69, 9.17) is 4.98 Å². The molecule has 0 saturated heterocycles. The summed E-state index contributed by atoms with van der Waals surface area (Å²) >= 11 is 4.93. The van der Waals surface area contributed by atoms with Crippen molar-refractivity contribution in [2.24, 2.45) is 0 Å². The summed E-state index contributed by atoms with van der Waals surface area (Å²) in [5.74, 6) is -0.144. The van der Waals surface area contributed by atoms with E-state index in [-0.39, 0.29) is 5.91 Å². The Morgan fingerprint density at radius 2 is 1.79 bits per heavy atom. The van der Waals surface area contributed by atoms with Gasteiger partial charge in [-0.25, -0.2) is 4.98 Å². The molecule has 0 bridgehead atoms. The van der Waals surface area contributed by atoms with Crippen LogP contribution in [0.2, 0.25) is 0 Å².